The van der Waals surface area contributed by atoms with E-state index in [1.54, 1.807) is 11.1 Å². The molecule has 31 heavy (non-hydrogen) atoms. The van der Waals surface area contributed by atoms with Crippen LogP contribution in [0, 0.1) is 3.57 Å². The van der Waals surface area contributed by atoms with Crippen LogP contribution in [0.3, 0.4) is 0 Å². The Morgan fingerprint density at radius 2 is 2.10 bits per heavy atom. The van der Waals surface area contributed by atoms with Crippen LogP contribution in [0.25, 0.3) is 22.4 Å². The fourth-order valence-corrected chi connectivity index (χ4v) is 4.30. The molecule has 0 unspecified atom stereocenters. The van der Waals surface area contributed by atoms with E-state index in [0.29, 0.717) is 41.8 Å². The van der Waals surface area contributed by atoms with Crippen LogP contribution >= 0.6 is 34.2 Å². The van der Waals surface area contributed by atoms with Crippen LogP contribution in [0.5, 0.6) is 0 Å². The Labute approximate surface area is 199 Å². The van der Waals surface area contributed by atoms with E-state index in [1.807, 2.05) is 52.0 Å². The summed E-state index contributed by atoms with van der Waals surface area (Å²) in [5.41, 5.74) is 2.43. The third kappa shape index (κ3) is 4.59. The molecule has 164 valence electrons. The van der Waals surface area contributed by atoms with Gasteiger partial charge in [0, 0.05) is 37.4 Å². The third-order valence-electron chi connectivity index (χ3n) is 5.01. The van der Waals surface area contributed by atoms with Crippen LogP contribution in [0.1, 0.15) is 27.7 Å². The molecule has 1 saturated heterocycles. The van der Waals surface area contributed by atoms with E-state index in [2.05, 4.69) is 32.5 Å². The molecule has 0 aliphatic carbocycles. The van der Waals surface area contributed by atoms with Gasteiger partial charge in [0.25, 0.3) is 6.01 Å². The molecule has 1 aliphatic heterocycles. The zero-order valence-electron chi connectivity index (χ0n) is 17.9. The molecule has 3 heterocycles. The first-order chi connectivity index (χ1) is 14.6. The highest BCUT2D eigenvalue weighted by atomic mass is 127. The van der Waals surface area contributed by atoms with Crippen molar-refractivity contribution in [3.05, 3.63) is 39.1 Å². The number of rotatable bonds is 2. The number of oxazole rings is 1. The molecule has 3 aromatic rings. The van der Waals surface area contributed by atoms with Crippen molar-refractivity contribution in [2.75, 3.05) is 24.5 Å². The van der Waals surface area contributed by atoms with Crippen molar-refractivity contribution in [3.63, 3.8) is 0 Å². The Morgan fingerprint density at radius 3 is 2.74 bits per heavy atom. The first-order valence-corrected chi connectivity index (χ1v) is 11.5. The largest absolute Gasteiger partial charge is 0.444 e. The fraction of sp³-hybridized carbons (Fsp3) is 0.409. The van der Waals surface area contributed by atoms with E-state index in [4.69, 9.17) is 25.7 Å². The Bertz CT molecular complexity index is 1110. The summed E-state index contributed by atoms with van der Waals surface area (Å²) in [6, 6.07) is 8.11. The number of hydrogen-bond donors (Lipinski definition) is 0. The molecule has 1 amide bonds. The summed E-state index contributed by atoms with van der Waals surface area (Å²) in [5.74, 6) is 0. The van der Waals surface area contributed by atoms with Gasteiger partial charge in [-0.1, -0.05) is 17.7 Å². The number of piperazine rings is 1. The normalized spacial score (nSPS) is 17.3. The summed E-state index contributed by atoms with van der Waals surface area (Å²) >= 11 is 8.67. The van der Waals surface area contributed by atoms with Gasteiger partial charge in [-0.3, -0.25) is 4.98 Å². The number of nitrogens with zero attached hydrogens (tertiary/aromatic N) is 4. The number of carbonyl (C=O) groups is 1. The lowest BCUT2D eigenvalue weighted by Crippen LogP contribution is -2.54. The van der Waals surface area contributed by atoms with Gasteiger partial charge in [-0.25, -0.2) is 4.79 Å². The van der Waals surface area contributed by atoms with Gasteiger partial charge in [-0.15, -0.1) is 0 Å². The van der Waals surface area contributed by atoms with E-state index in [0.717, 1.165) is 14.8 Å². The quantitative estimate of drug-likeness (QED) is 0.385. The second-order valence-corrected chi connectivity index (χ2v) is 10.1. The second-order valence-electron chi connectivity index (χ2n) is 8.58. The van der Waals surface area contributed by atoms with Crippen LogP contribution < -0.4 is 4.90 Å². The molecule has 9 heteroatoms. The molecular formula is C22H24ClIN4O3. The SMILES string of the molecule is C[C@H]1CN(C(=O)OC(C)(C)C)CCN1c1nc2c(I)c(Cl)cc(-c3ccccn3)c2o1. The minimum atomic E-state index is -0.518. The number of amides is 1. The average molecular weight is 555 g/mol. The smallest absolute Gasteiger partial charge is 0.410 e. The highest BCUT2D eigenvalue weighted by Gasteiger charge is 2.32. The fourth-order valence-electron chi connectivity index (χ4n) is 3.58. The van der Waals surface area contributed by atoms with Crippen molar-refractivity contribution in [2.24, 2.45) is 0 Å². The van der Waals surface area contributed by atoms with Crippen LogP contribution in [-0.4, -0.2) is 52.2 Å². The van der Waals surface area contributed by atoms with E-state index in [9.17, 15) is 4.79 Å². The van der Waals surface area contributed by atoms with Crippen LogP contribution in [0.2, 0.25) is 5.02 Å². The maximum Gasteiger partial charge on any atom is 0.410 e. The number of carbonyl (C=O) groups excluding carboxylic acids is 1. The van der Waals surface area contributed by atoms with Gasteiger partial charge < -0.3 is 19.0 Å². The van der Waals surface area contributed by atoms with Crippen molar-refractivity contribution < 1.29 is 13.9 Å². The molecule has 1 fully saturated rings. The molecule has 0 radical (unpaired) electrons. The predicted octanol–water partition coefficient (Wildman–Crippen LogP) is 5.59. The van der Waals surface area contributed by atoms with Gasteiger partial charge in [0.2, 0.25) is 0 Å². The minimum Gasteiger partial charge on any atom is -0.444 e. The van der Waals surface area contributed by atoms with E-state index >= 15 is 0 Å². The lowest BCUT2D eigenvalue weighted by Gasteiger charge is -2.39. The summed E-state index contributed by atoms with van der Waals surface area (Å²) in [7, 11) is 0. The van der Waals surface area contributed by atoms with E-state index < -0.39 is 5.60 Å². The maximum atomic E-state index is 12.5. The lowest BCUT2D eigenvalue weighted by atomic mass is 10.1. The summed E-state index contributed by atoms with van der Waals surface area (Å²) in [6.07, 6.45) is 1.44. The van der Waals surface area contributed by atoms with Gasteiger partial charge in [-0.2, -0.15) is 4.98 Å². The van der Waals surface area contributed by atoms with Gasteiger partial charge in [0.1, 0.15) is 11.1 Å². The number of pyridine rings is 1. The van der Waals surface area contributed by atoms with Crippen molar-refractivity contribution in [1.29, 1.82) is 0 Å². The van der Waals surface area contributed by atoms with Crippen LogP contribution in [0.4, 0.5) is 10.8 Å². The zero-order valence-corrected chi connectivity index (χ0v) is 20.8. The predicted molar refractivity (Wildman–Crippen MR) is 130 cm³/mol. The summed E-state index contributed by atoms with van der Waals surface area (Å²) in [5, 5.41) is 0.608. The molecule has 7 nitrogen and oxygen atoms in total. The minimum absolute atomic E-state index is 0.0146. The van der Waals surface area contributed by atoms with Gasteiger partial charge >= 0.3 is 6.09 Å². The zero-order chi connectivity index (χ0) is 22.3. The highest BCUT2D eigenvalue weighted by molar-refractivity contribution is 14.1. The number of benzene rings is 1. The van der Waals surface area contributed by atoms with Crippen molar-refractivity contribution in [1.82, 2.24) is 14.9 Å². The number of anilines is 1. The number of halogens is 2. The Balaban J connectivity index is 1.64. The number of ether oxygens (including phenoxy) is 1. The Kier molecular flexibility index (Phi) is 6.04. The Morgan fingerprint density at radius 1 is 1.32 bits per heavy atom. The monoisotopic (exact) mass is 554 g/mol. The van der Waals surface area contributed by atoms with Crippen molar-refractivity contribution in [2.45, 2.75) is 39.3 Å². The Hall–Kier alpha value is -2.07. The third-order valence-corrected chi connectivity index (χ3v) is 6.72. The molecule has 2 aromatic heterocycles. The van der Waals surface area contributed by atoms with Gasteiger partial charge in [-0.05, 0) is 68.5 Å². The lowest BCUT2D eigenvalue weighted by molar-refractivity contribution is 0.0216. The molecule has 0 saturated carbocycles. The van der Waals surface area contributed by atoms with E-state index in [1.165, 1.54) is 0 Å². The summed E-state index contributed by atoms with van der Waals surface area (Å²) < 4.78 is 12.6. The summed E-state index contributed by atoms with van der Waals surface area (Å²) in [4.78, 5) is 25.5. The van der Waals surface area contributed by atoms with Crippen molar-refractivity contribution in [3.8, 4) is 11.3 Å². The summed E-state index contributed by atoms with van der Waals surface area (Å²) in [6.45, 7) is 9.31. The molecule has 1 atom stereocenters. The number of fused-ring (bicyclic) bond motifs is 1. The van der Waals surface area contributed by atoms with Crippen molar-refractivity contribution >= 4 is 57.4 Å². The molecule has 0 bridgehead atoms. The van der Waals surface area contributed by atoms with Gasteiger partial charge in [0.15, 0.2) is 5.58 Å². The molecule has 0 N–H and O–H groups in total. The molecule has 0 spiro atoms. The standard InChI is InChI=1S/C22H24ClIN4O3/c1-13-12-27(21(29)31-22(2,3)4)9-10-28(13)20-26-18-17(24)15(23)11-14(19(18)30-20)16-7-5-6-8-25-16/h5-8,11,13H,9-10,12H2,1-4H3/t13-/m0/s1. The van der Waals surface area contributed by atoms with Crippen LogP contribution in [0.15, 0.2) is 34.9 Å². The highest BCUT2D eigenvalue weighted by Crippen LogP contribution is 2.38. The van der Waals surface area contributed by atoms with Gasteiger partial charge in [0.05, 0.1) is 14.3 Å². The first-order valence-electron chi connectivity index (χ1n) is 10.1. The maximum absolute atomic E-state index is 12.5. The second kappa shape index (κ2) is 8.46. The molecule has 4 rings (SSSR count). The average Bonchev–Trinajstić information content (AvgIpc) is 3.15. The first kappa shape index (κ1) is 22.1. The molecule has 1 aromatic carbocycles. The van der Waals surface area contributed by atoms with Crippen LogP contribution in [-0.2, 0) is 4.74 Å². The molecular weight excluding hydrogens is 531 g/mol. The van der Waals surface area contributed by atoms with E-state index in [-0.39, 0.29) is 12.1 Å². The topological polar surface area (TPSA) is 71.7 Å². The number of aromatic nitrogens is 2. The molecule has 1 aliphatic rings. The number of hydrogen-bond acceptors (Lipinski definition) is 6.